The second-order valence-electron chi connectivity index (χ2n) is 10.5. The molecule has 2 saturated carbocycles. The van der Waals surface area contributed by atoms with Crippen molar-refractivity contribution in [3.05, 3.63) is 29.3 Å². The van der Waals surface area contributed by atoms with Gasteiger partial charge in [-0.2, -0.15) is 0 Å². The summed E-state index contributed by atoms with van der Waals surface area (Å²) < 4.78 is 11.9. The molecule has 1 aromatic rings. The van der Waals surface area contributed by atoms with Crippen molar-refractivity contribution in [3.8, 4) is 17.6 Å². The van der Waals surface area contributed by atoms with Crippen LogP contribution in [0.2, 0.25) is 0 Å². The summed E-state index contributed by atoms with van der Waals surface area (Å²) in [6.45, 7) is 3.61. The van der Waals surface area contributed by atoms with E-state index in [0.29, 0.717) is 17.3 Å². The Hall–Kier alpha value is -1.50. The number of hydrogen-bond acceptors (Lipinski definition) is 3. The van der Waals surface area contributed by atoms with E-state index in [-0.39, 0.29) is 12.9 Å². The van der Waals surface area contributed by atoms with Gasteiger partial charge in [0, 0.05) is 25.4 Å². The van der Waals surface area contributed by atoms with E-state index >= 15 is 0 Å². The van der Waals surface area contributed by atoms with Crippen molar-refractivity contribution >= 4 is 0 Å². The highest BCUT2D eigenvalue weighted by atomic mass is 16.7. The van der Waals surface area contributed by atoms with Crippen molar-refractivity contribution < 1.29 is 14.6 Å². The molecular formula is C28H38O3. The fraction of sp³-hybridized carbons (Fsp3) is 0.714. The minimum Gasteiger partial charge on any atom is -0.465 e. The molecule has 1 saturated heterocycles. The molecule has 3 heteroatoms. The summed E-state index contributed by atoms with van der Waals surface area (Å²) in [7, 11) is 0. The Labute approximate surface area is 187 Å². The van der Waals surface area contributed by atoms with E-state index in [4.69, 9.17) is 14.6 Å². The van der Waals surface area contributed by atoms with Crippen molar-refractivity contribution in [1.82, 2.24) is 0 Å². The minimum absolute atomic E-state index is 0.0626. The predicted octanol–water partition coefficient (Wildman–Crippen LogP) is 5.84. The fourth-order valence-electron chi connectivity index (χ4n) is 7.19. The number of benzene rings is 1. The first-order valence-corrected chi connectivity index (χ1v) is 12.7. The number of aryl methyl sites for hydroxylation is 1. The van der Waals surface area contributed by atoms with Gasteiger partial charge in [-0.1, -0.05) is 18.9 Å². The van der Waals surface area contributed by atoms with Gasteiger partial charge in [0.25, 0.3) is 0 Å². The number of rotatable bonds is 4. The molecule has 0 spiro atoms. The van der Waals surface area contributed by atoms with Crippen LogP contribution in [0.15, 0.2) is 18.2 Å². The van der Waals surface area contributed by atoms with Crippen LogP contribution in [-0.4, -0.2) is 24.6 Å². The highest BCUT2D eigenvalue weighted by molar-refractivity contribution is 5.41. The van der Waals surface area contributed by atoms with Crippen LogP contribution in [0.1, 0.15) is 88.2 Å². The number of hydrogen-bond donors (Lipinski definition) is 1. The molecule has 31 heavy (non-hydrogen) atoms. The monoisotopic (exact) mass is 422 g/mol. The summed E-state index contributed by atoms with van der Waals surface area (Å²) in [5.41, 5.74) is 3.48. The topological polar surface area (TPSA) is 38.7 Å². The molecule has 0 radical (unpaired) electrons. The van der Waals surface area contributed by atoms with Gasteiger partial charge in [-0.15, -0.1) is 5.92 Å². The van der Waals surface area contributed by atoms with E-state index in [1.54, 1.807) is 5.56 Å². The van der Waals surface area contributed by atoms with Crippen LogP contribution in [0, 0.1) is 35.0 Å². The molecule has 0 amide bonds. The van der Waals surface area contributed by atoms with E-state index in [0.717, 1.165) is 49.9 Å². The van der Waals surface area contributed by atoms with Crippen LogP contribution in [0.4, 0.5) is 0 Å². The molecule has 3 fully saturated rings. The molecule has 3 aliphatic carbocycles. The molecule has 1 aliphatic heterocycles. The SMILES string of the molecule is C[C@]12CC[C@@H]3c4ccc(OC5CCCCO5)cc4CC[C@H]3[C@@H]1CC[C@H]2C#CCCCO. The Kier molecular flexibility index (Phi) is 6.31. The Morgan fingerprint density at radius 3 is 2.94 bits per heavy atom. The lowest BCUT2D eigenvalue weighted by Gasteiger charge is -2.50. The molecule has 1 heterocycles. The summed E-state index contributed by atoms with van der Waals surface area (Å²) in [6.07, 6.45) is 12.6. The van der Waals surface area contributed by atoms with Crippen LogP contribution >= 0.6 is 0 Å². The zero-order valence-electron chi connectivity index (χ0n) is 19.1. The molecule has 6 atom stereocenters. The van der Waals surface area contributed by atoms with Crippen molar-refractivity contribution in [2.45, 2.75) is 89.8 Å². The maximum Gasteiger partial charge on any atom is 0.199 e. The number of unbranched alkanes of at least 4 members (excludes halogenated alkanes) is 1. The second kappa shape index (κ2) is 9.16. The maximum atomic E-state index is 9.02. The van der Waals surface area contributed by atoms with Gasteiger partial charge in [0.15, 0.2) is 6.29 Å². The lowest BCUT2D eigenvalue weighted by atomic mass is 9.54. The van der Waals surface area contributed by atoms with Crippen LogP contribution in [-0.2, 0) is 11.2 Å². The zero-order chi connectivity index (χ0) is 21.3. The average molecular weight is 423 g/mol. The summed E-state index contributed by atoms with van der Waals surface area (Å²) >= 11 is 0. The molecule has 3 nitrogen and oxygen atoms in total. The molecule has 1 N–H and O–H groups in total. The van der Waals surface area contributed by atoms with E-state index in [2.05, 4.69) is 37.0 Å². The average Bonchev–Trinajstić information content (AvgIpc) is 3.13. The predicted molar refractivity (Wildman–Crippen MR) is 123 cm³/mol. The quantitative estimate of drug-likeness (QED) is 0.489. The van der Waals surface area contributed by atoms with Crippen LogP contribution in [0.3, 0.4) is 0 Å². The lowest BCUT2D eigenvalue weighted by molar-refractivity contribution is -0.105. The summed E-state index contributed by atoms with van der Waals surface area (Å²) in [5.74, 6) is 10.9. The fourth-order valence-corrected chi connectivity index (χ4v) is 7.19. The van der Waals surface area contributed by atoms with Crippen molar-refractivity contribution in [1.29, 1.82) is 0 Å². The minimum atomic E-state index is -0.0626. The second-order valence-corrected chi connectivity index (χ2v) is 10.5. The van der Waals surface area contributed by atoms with E-state index in [1.165, 1.54) is 50.5 Å². The van der Waals surface area contributed by atoms with Crippen LogP contribution < -0.4 is 4.74 Å². The molecule has 5 rings (SSSR count). The summed E-state index contributed by atoms with van der Waals surface area (Å²) in [6, 6.07) is 6.87. The third kappa shape index (κ3) is 4.14. The molecule has 168 valence electrons. The normalized spacial score (nSPS) is 36.5. The Morgan fingerprint density at radius 1 is 1.16 bits per heavy atom. The maximum absolute atomic E-state index is 9.02. The highest BCUT2D eigenvalue weighted by Crippen LogP contribution is 2.62. The van der Waals surface area contributed by atoms with E-state index in [1.807, 2.05) is 0 Å². The number of ether oxygens (including phenoxy) is 2. The Balaban J connectivity index is 1.29. The smallest absolute Gasteiger partial charge is 0.199 e. The Bertz CT molecular complexity index is 830. The van der Waals surface area contributed by atoms with Gasteiger partial charge in [-0.3, -0.25) is 0 Å². The number of fused-ring (bicyclic) bond motifs is 5. The van der Waals surface area contributed by atoms with Crippen molar-refractivity contribution in [2.75, 3.05) is 13.2 Å². The molecule has 1 aromatic carbocycles. The van der Waals surface area contributed by atoms with Crippen LogP contribution in [0.5, 0.6) is 5.75 Å². The van der Waals surface area contributed by atoms with Gasteiger partial charge in [0.2, 0.25) is 0 Å². The molecule has 1 unspecified atom stereocenters. The van der Waals surface area contributed by atoms with E-state index in [9.17, 15) is 0 Å². The molecule has 4 aliphatic rings. The third-order valence-corrected chi connectivity index (χ3v) is 8.84. The molecule has 0 aromatic heterocycles. The highest BCUT2D eigenvalue weighted by Gasteiger charge is 2.54. The first-order valence-electron chi connectivity index (χ1n) is 12.7. The first-order chi connectivity index (χ1) is 15.2. The van der Waals surface area contributed by atoms with Crippen molar-refractivity contribution in [2.24, 2.45) is 23.2 Å². The van der Waals surface area contributed by atoms with Gasteiger partial charge in [-0.05, 0) is 104 Å². The third-order valence-electron chi connectivity index (χ3n) is 8.84. The molecule has 0 bridgehead atoms. The van der Waals surface area contributed by atoms with Gasteiger partial charge >= 0.3 is 0 Å². The van der Waals surface area contributed by atoms with Crippen molar-refractivity contribution in [3.63, 3.8) is 0 Å². The standard InChI is InChI=1S/C28H38O3/c1-28-16-15-24-23-13-11-22(31-27-8-4-6-18-30-27)19-20(23)9-12-25(24)26(28)14-10-21(28)7-3-2-5-17-29/h11,13,19,21,24-27,29H,2,4-6,8-10,12,14-18H2,1H3/t21-,24-,25-,26+,27?,28-/m1/s1. The summed E-state index contributed by atoms with van der Waals surface area (Å²) in [4.78, 5) is 0. The van der Waals surface area contributed by atoms with Gasteiger partial charge in [0.1, 0.15) is 5.75 Å². The number of aliphatic hydroxyl groups is 1. The Morgan fingerprint density at radius 2 is 2.10 bits per heavy atom. The summed E-state index contributed by atoms with van der Waals surface area (Å²) in [5, 5.41) is 9.02. The molecular weight excluding hydrogens is 384 g/mol. The van der Waals surface area contributed by atoms with Gasteiger partial charge in [-0.25, -0.2) is 0 Å². The van der Waals surface area contributed by atoms with Crippen LogP contribution in [0.25, 0.3) is 0 Å². The van der Waals surface area contributed by atoms with E-state index < -0.39 is 0 Å². The first kappa shape index (κ1) is 21.4. The van der Waals surface area contributed by atoms with Gasteiger partial charge in [0.05, 0.1) is 6.61 Å². The zero-order valence-corrected chi connectivity index (χ0v) is 19.1. The van der Waals surface area contributed by atoms with Gasteiger partial charge < -0.3 is 14.6 Å². The number of aliphatic hydroxyl groups excluding tert-OH is 1. The largest absolute Gasteiger partial charge is 0.465 e. The lowest BCUT2D eigenvalue weighted by Crippen LogP contribution is -2.42.